The third-order valence-electron chi connectivity index (χ3n) is 4.52. The third-order valence-corrected chi connectivity index (χ3v) is 4.94. The second-order valence-electron chi connectivity index (χ2n) is 8.10. The van der Waals surface area contributed by atoms with Crippen molar-refractivity contribution in [3.05, 3.63) is 28.8 Å². The Morgan fingerprint density at radius 1 is 1.07 bits per heavy atom. The van der Waals surface area contributed by atoms with Gasteiger partial charge < -0.3 is 14.5 Å². The zero-order valence-corrected chi connectivity index (χ0v) is 17.8. The molecule has 2 rings (SSSR count). The molecule has 1 aliphatic rings. The fourth-order valence-electron chi connectivity index (χ4n) is 3.07. The number of carbonyl (C=O) groups excluding carboxylic acids is 3. The maximum atomic E-state index is 12.4. The Balaban J connectivity index is 1.75. The number of Topliss-reactive ketones (excluding diaryl/α,β-unsaturated/α-hetero) is 1. The van der Waals surface area contributed by atoms with Crippen molar-refractivity contribution in [2.75, 3.05) is 31.1 Å². The fourth-order valence-corrected chi connectivity index (χ4v) is 3.19. The summed E-state index contributed by atoms with van der Waals surface area (Å²) in [7, 11) is 0. The predicted octanol–water partition coefficient (Wildman–Crippen LogP) is 3.38. The van der Waals surface area contributed by atoms with E-state index in [9.17, 15) is 14.4 Å². The molecule has 1 amide bonds. The molecule has 0 atom stereocenters. The van der Waals surface area contributed by atoms with Crippen LogP contribution in [0.3, 0.4) is 0 Å². The summed E-state index contributed by atoms with van der Waals surface area (Å²) < 4.78 is 5.13. The van der Waals surface area contributed by atoms with E-state index in [-0.39, 0.29) is 31.0 Å². The van der Waals surface area contributed by atoms with Crippen molar-refractivity contribution < 1.29 is 19.1 Å². The van der Waals surface area contributed by atoms with Gasteiger partial charge in [-0.1, -0.05) is 11.6 Å². The van der Waals surface area contributed by atoms with Crippen LogP contribution in [0.5, 0.6) is 0 Å². The highest BCUT2D eigenvalue weighted by molar-refractivity contribution is 6.31. The van der Waals surface area contributed by atoms with E-state index in [0.717, 1.165) is 29.4 Å². The number of halogens is 1. The highest BCUT2D eigenvalue weighted by Crippen LogP contribution is 2.23. The number of anilines is 1. The van der Waals surface area contributed by atoms with Gasteiger partial charge in [0, 0.05) is 49.7 Å². The Morgan fingerprint density at radius 2 is 1.71 bits per heavy atom. The molecule has 1 aromatic carbocycles. The molecular formula is C21H29ClN2O4. The second-order valence-corrected chi connectivity index (χ2v) is 8.51. The van der Waals surface area contributed by atoms with Crippen LogP contribution in [0.2, 0.25) is 5.02 Å². The first-order chi connectivity index (χ1) is 13.0. The highest BCUT2D eigenvalue weighted by Gasteiger charge is 2.23. The number of esters is 1. The van der Waals surface area contributed by atoms with Crippen LogP contribution in [-0.4, -0.2) is 54.3 Å². The molecule has 0 radical (unpaired) electrons. The lowest BCUT2D eigenvalue weighted by atomic mass is 10.1. The zero-order chi connectivity index (χ0) is 20.9. The molecule has 7 heteroatoms. The van der Waals surface area contributed by atoms with E-state index < -0.39 is 11.6 Å². The van der Waals surface area contributed by atoms with E-state index in [0.29, 0.717) is 13.1 Å². The van der Waals surface area contributed by atoms with Crippen LogP contribution in [0.15, 0.2) is 18.2 Å². The minimum Gasteiger partial charge on any atom is -0.460 e. The average Bonchev–Trinajstić information content (AvgIpc) is 2.60. The smallest absolute Gasteiger partial charge is 0.313 e. The third kappa shape index (κ3) is 6.82. The van der Waals surface area contributed by atoms with Crippen LogP contribution in [-0.2, 0) is 19.1 Å². The standard InChI is InChI=1S/C21H29ClN2O4/c1-15-13-16(5-7-18(15)22)23-9-11-24(12-10-23)19(26)8-6-17(25)14-20(27)28-21(2,3)4/h5,7,13H,6,8-12,14H2,1-4H3. The van der Waals surface area contributed by atoms with Crippen molar-refractivity contribution >= 4 is 34.9 Å². The fraction of sp³-hybridized carbons (Fsp3) is 0.571. The van der Waals surface area contributed by atoms with Crippen molar-refractivity contribution in [1.29, 1.82) is 0 Å². The van der Waals surface area contributed by atoms with E-state index in [1.807, 2.05) is 19.1 Å². The summed E-state index contributed by atoms with van der Waals surface area (Å²) in [6.07, 6.45) is -0.0927. The Hall–Kier alpha value is -2.08. The number of hydrogen-bond donors (Lipinski definition) is 0. The molecule has 0 saturated carbocycles. The minimum atomic E-state index is -0.616. The normalized spacial score (nSPS) is 14.8. The number of aryl methyl sites for hydroxylation is 1. The Bertz CT molecular complexity index is 734. The number of benzene rings is 1. The number of rotatable bonds is 6. The monoisotopic (exact) mass is 408 g/mol. The van der Waals surface area contributed by atoms with Crippen LogP contribution in [0, 0.1) is 6.92 Å². The number of amides is 1. The van der Waals surface area contributed by atoms with Crippen LogP contribution >= 0.6 is 11.6 Å². The zero-order valence-electron chi connectivity index (χ0n) is 17.1. The van der Waals surface area contributed by atoms with Crippen LogP contribution < -0.4 is 4.90 Å². The summed E-state index contributed by atoms with van der Waals surface area (Å²) in [5, 5.41) is 0.744. The molecule has 0 aromatic heterocycles. The Morgan fingerprint density at radius 3 is 2.29 bits per heavy atom. The van der Waals surface area contributed by atoms with E-state index in [1.165, 1.54) is 0 Å². The Kier molecular flexibility index (Phi) is 7.47. The minimum absolute atomic E-state index is 0.0514. The van der Waals surface area contributed by atoms with Crippen LogP contribution in [0.4, 0.5) is 5.69 Å². The molecule has 0 N–H and O–H groups in total. The summed E-state index contributed by atoms with van der Waals surface area (Å²) in [5.74, 6) is -0.862. The van der Waals surface area contributed by atoms with Gasteiger partial charge in [0.1, 0.15) is 17.8 Å². The van der Waals surface area contributed by atoms with Gasteiger partial charge in [-0.25, -0.2) is 0 Å². The molecule has 1 heterocycles. The first-order valence-corrected chi connectivity index (χ1v) is 9.95. The number of piperazine rings is 1. The second kappa shape index (κ2) is 9.41. The molecule has 1 fully saturated rings. The van der Waals surface area contributed by atoms with Gasteiger partial charge >= 0.3 is 5.97 Å². The first kappa shape index (κ1) is 22.2. The summed E-state index contributed by atoms with van der Waals surface area (Å²) in [5.41, 5.74) is 1.51. The maximum Gasteiger partial charge on any atom is 0.313 e. The topological polar surface area (TPSA) is 66.9 Å². The van der Waals surface area contributed by atoms with Crippen molar-refractivity contribution in [1.82, 2.24) is 4.90 Å². The lowest BCUT2D eigenvalue weighted by Gasteiger charge is -2.36. The van der Waals surface area contributed by atoms with Gasteiger partial charge in [-0.15, -0.1) is 0 Å². The van der Waals surface area contributed by atoms with E-state index in [1.54, 1.807) is 25.7 Å². The molecule has 28 heavy (non-hydrogen) atoms. The molecule has 154 valence electrons. The van der Waals surface area contributed by atoms with E-state index >= 15 is 0 Å². The maximum absolute atomic E-state index is 12.4. The summed E-state index contributed by atoms with van der Waals surface area (Å²) in [6, 6.07) is 5.93. The van der Waals surface area contributed by atoms with Gasteiger partial charge in [-0.2, -0.15) is 0 Å². The number of hydrogen-bond acceptors (Lipinski definition) is 5. The average molecular weight is 409 g/mol. The number of nitrogens with zero attached hydrogens (tertiary/aromatic N) is 2. The number of carbonyl (C=O) groups is 3. The van der Waals surface area contributed by atoms with Gasteiger partial charge in [0.05, 0.1) is 0 Å². The molecule has 1 aliphatic heterocycles. The number of ether oxygens (including phenoxy) is 1. The highest BCUT2D eigenvalue weighted by atomic mass is 35.5. The molecule has 1 aromatic rings. The van der Waals surface area contributed by atoms with Crippen LogP contribution in [0.25, 0.3) is 0 Å². The first-order valence-electron chi connectivity index (χ1n) is 9.57. The SMILES string of the molecule is Cc1cc(N2CCN(C(=O)CCC(=O)CC(=O)OC(C)(C)C)CC2)ccc1Cl. The predicted molar refractivity (Wildman–Crippen MR) is 110 cm³/mol. The van der Waals surface area contributed by atoms with Crippen molar-refractivity contribution in [3.63, 3.8) is 0 Å². The lowest BCUT2D eigenvalue weighted by Crippen LogP contribution is -2.48. The summed E-state index contributed by atoms with van der Waals surface area (Å²) in [6.45, 7) is 9.93. The van der Waals surface area contributed by atoms with E-state index in [4.69, 9.17) is 16.3 Å². The van der Waals surface area contributed by atoms with Crippen LogP contribution in [0.1, 0.15) is 45.6 Å². The van der Waals surface area contributed by atoms with Gasteiger partial charge in [-0.3, -0.25) is 14.4 Å². The molecule has 0 aliphatic carbocycles. The van der Waals surface area contributed by atoms with Gasteiger partial charge in [0.15, 0.2) is 0 Å². The van der Waals surface area contributed by atoms with Gasteiger partial charge in [-0.05, 0) is 51.5 Å². The molecular weight excluding hydrogens is 380 g/mol. The molecule has 6 nitrogen and oxygen atoms in total. The summed E-state index contributed by atoms with van der Waals surface area (Å²) in [4.78, 5) is 40.0. The van der Waals surface area contributed by atoms with Crippen molar-refractivity contribution in [3.8, 4) is 0 Å². The quantitative estimate of drug-likeness (QED) is 0.533. The molecule has 0 spiro atoms. The van der Waals surface area contributed by atoms with Gasteiger partial charge in [0.25, 0.3) is 0 Å². The Labute approximate surface area is 171 Å². The van der Waals surface area contributed by atoms with Crippen molar-refractivity contribution in [2.45, 2.75) is 52.6 Å². The van der Waals surface area contributed by atoms with E-state index in [2.05, 4.69) is 11.0 Å². The van der Waals surface area contributed by atoms with Gasteiger partial charge in [0.2, 0.25) is 5.91 Å². The van der Waals surface area contributed by atoms with Crippen molar-refractivity contribution in [2.24, 2.45) is 0 Å². The number of ketones is 1. The molecule has 1 saturated heterocycles. The molecule has 0 bridgehead atoms. The largest absolute Gasteiger partial charge is 0.460 e. The summed E-state index contributed by atoms with van der Waals surface area (Å²) >= 11 is 6.08. The lowest BCUT2D eigenvalue weighted by molar-refractivity contribution is -0.156. The molecule has 0 unspecified atom stereocenters.